The highest BCUT2D eigenvalue weighted by Gasteiger charge is 2.28. The molecular weight excluding hydrogens is 315 g/mol. The van der Waals surface area contributed by atoms with E-state index in [1.54, 1.807) is 6.07 Å². The maximum Gasteiger partial charge on any atom is 0.227 e. The molecule has 0 aliphatic carbocycles. The van der Waals surface area contributed by atoms with Gasteiger partial charge in [0.25, 0.3) is 0 Å². The van der Waals surface area contributed by atoms with Crippen molar-refractivity contribution in [2.45, 2.75) is 25.9 Å². The number of carbonyl (C=O) groups excluding carboxylic acids is 1. The summed E-state index contributed by atoms with van der Waals surface area (Å²) in [6.45, 7) is 2.81. The minimum atomic E-state index is -0.169. The van der Waals surface area contributed by atoms with Gasteiger partial charge in [-0.3, -0.25) is 9.69 Å². The molecule has 1 heterocycles. The number of hydrogen-bond acceptors (Lipinski definition) is 2. The lowest BCUT2D eigenvalue weighted by molar-refractivity contribution is -0.136. The molecule has 0 radical (unpaired) electrons. The molecular formula is C21H25FN2O. The first kappa shape index (κ1) is 17.6. The molecule has 1 atom stereocenters. The van der Waals surface area contributed by atoms with Crippen molar-refractivity contribution in [3.63, 3.8) is 0 Å². The molecule has 1 fully saturated rings. The second-order valence-electron chi connectivity index (χ2n) is 6.85. The molecule has 25 heavy (non-hydrogen) atoms. The number of amides is 1. The normalized spacial score (nSPS) is 18.1. The van der Waals surface area contributed by atoms with E-state index < -0.39 is 0 Å². The van der Waals surface area contributed by atoms with Crippen molar-refractivity contribution in [1.82, 2.24) is 9.80 Å². The number of carbonyl (C=O) groups is 1. The standard InChI is InChI=1S/C21H25FN2O/c1-23(14-17-8-3-2-4-9-17)21(25)19-11-7-13-24(16-19)15-18-10-5-6-12-20(18)22/h2-6,8-10,12,19H,7,11,13-16H2,1H3/t19-/m0/s1. The Hall–Kier alpha value is -2.20. The van der Waals surface area contributed by atoms with Gasteiger partial charge in [-0.05, 0) is 31.0 Å². The van der Waals surface area contributed by atoms with Crippen LogP contribution < -0.4 is 0 Å². The fourth-order valence-corrected chi connectivity index (χ4v) is 3.52. The third kappa shape index (κ3) is 4.67. The van der Waals surface area contributed by atoms with Crippen LogP contribution in [0.1, 0.15) is 24.0 Å². The fraction of sp³-hybridized carbons (Fsp3) is 0.381. The van der Waals surface area contributed by atoms with Crippen molar-refractivity contribution in [2.75, 3.05) is 20.1 Å². The Labute approximate surface area is 149 Å². The van der Waals surface area contributed by atoms with Crippen LogP contribution in [0.3, 0.4) is 0 Å². The monoisotopic (exact) mass is 340 g/mol. The summed E-state index contributed by atoms with van der Waals surface area (Å²) in [4.78, 5) is 16.8. The Morgan fingerprint density at radius 2 is 1.88 bits per heavy atom. The van der Waals surface area contributed by atoms with Gasteiger partial charge in [0.1, 0.15) is 5.82 Å². The fourth-order valence-electron chi connectivity index (χ4n) is 3.52. The minimum absolute atomic E-state index is 0.00534. The molecule has 0 bridgehead atoms. The molecule has 0 spiro atoms. The zero-order valence-corrected chi connectivity index (χ0v) is 14.7. The summed E-state index contributed by atoms with van der Waals surface area (Å²) in [5.74, 6) is 0.00784. The molecule has 3 rings (SSSR count). The summed E-state index contributed by atoms with van der Waals surface area (Å²) in [6.07, 6.45) is 1.88. The molecule has 0 aromatic heterocycles. The molecule has 2 aromatic carbocycles. The van der Waals surface area contributed by atoms with Crippen LogP contribution in [0, 0.1) is 11.7 Å². The van der Waals surface area contributed by atoms with E-state index >= 15 is 0 Å². The lowest BCUT2D eigenvalue weighted by atomic mass is 9.96. The molecule has 1 aliphatic rings. The van der Waals surface area contributed by atoms with Gasteiger partial charge < -0.3 is 4.90 Å². The Balaban J connectivity index is 1.58. The molecule has 1 saturated heterocycles. The number of likely N-dealkylation sites (tertiary alicyclic amines) is 1. The first-order valence-electron chi connectivity index (χ1n) is 8.88. The van der Waals surface area contributed by atoms with Gasteiger partial charge in [0, 0.05) is 32.2 Å². The summed E-state index contributed by atoms with van der Waals surface area (Å²) in [6, 6.07) is 16.9. The van der Waals surface area contributed by atoms with E-state index in [0.717, 1.165) is 24.9 Å². The molecule has 2 aromatic rings. The number of benzene rings is 2. The second kappa shape index (κ2) is 8.26. The average Bonchev–Trinajstić information content (AvgIpc) is 2.64. The maximum absolute atomic E-state index is 13.9. The quantitative estimate of drug-likeness (QED) is 0.829. The molecule has 1 amide bonds. The Kier molecular flexibility index (Phi) is 5.82. The topological polar surface area (TPSA) is 23.6 Å². The first-order chi connectivity index (χ1) is 12.1. The first-order valence-corrected chi connectivity index (χ1v) is 8.88. The van der Waals surface area contributed by atoms with Crippen molar-refractivity contribution in [3.8, 4) is 0 Å². The number of halogens is 1. The van der Waals surface area contributed by atoms with E-state index in [9.17, 15) is 9.18 Å². The third-order valence-corrected chi connectivity index (χ3v) is 4.85. The van der Waals surface area contributed by atoms with Gasteiger partial charge in [0.2, 0.25) is 5.91 Å². The summed E-state index contributed by atoms with van der Waals surface area (Å²) in [5.41, 5.74) is 1.84. The summed E-state index contributed by atoms with van der Waals surface area (Å²) >= 11 is 0. The van der Waals surface area contributed by atoms with Crippen molar-refractivity contribution >= 4 is 5.91 Å². The molecule has 4 heteroatoms. The van der Waals surface area contributed by atoms with E-state index in [-0.39, 0.29) is 17.6 Å². The summed E-state index contributed by atoms with van der Waals surface area (Å²) in [5, 5.41) is 0. The van der Waals surface area contributed by atoms with Crippen LogP contribution in [0.15, 0.2) is 54.6 Å². The Morgan fingerprint density at radius 3 is 2.64 bits per heavy atom. The molecule has 0 N–H and O–H groups in total. The van der Waals surface area contributed by atoms with Crippen molar-refractivity contribution in [3.05, 3.63) is 71.5 Å². The van der Waals surface area contributed by atoms with E-state index in [1.165, 1.54) is 6.07 Å². The van der Waals surface area contributed by atoms with E-state index in [0.29, 0.717) is 25.2 Å². The predicted octanol–water partition coefficient (Wildman–Crippen LogP) is 3.70. The zero-order valence-electron chi connectivity index (χ0n) is 14.7. The Morgan fingerprint density at radius 1 is 1.16 bits per heavy atom. The van der Waals surface area contributed by atoms with E-state index in [4.69, 9.17) is 0 Å². The SMILES string of the molecule is CN(Cc1ccccc1)C(=O)[C@H]1CCCN(Cc2ccccc2F)C1. The molecule has 1 aliphatic heterocycles. The lowest BCUT2D eigenvalue weighted by Crippen LogP contribution is -2.43. The van der Waals surface area contributed by atoms with Crippen molar-refractivity contribution < 1.29 is 9.18 Å². The number of hydrogen-bond donors (Lipinski definition) is 0. The van der Waals surface area contributed by atoms with Gasteiger partial charge >= 0.3 is 0 Å². The van der Waals surface area contributed by atoms with Crippen molar-refractivity contribution in [2.24, 2.45) is 5.92 Å². The largest absolute Gasteiger partial charge is 0.341 e. The number of nitrogens with zero attached hydrogens (tertiary/aromatic N) is 2. The second-order valence-corrected chi connectivity index (χ2v) is 6.85. The molecule has 0 unspecified atom stereocenters. The average molecular weight is 340 g/mol. The van der Waals surface area contributed by atoms with Gasteiger partial charge in [-0.15, -0.1) is 0 Å². The summed E-state index contributed by atoms with van der Waals surface area (Å²) < 4.78 is 13.9. The van der Waals surface area contributed by atoms with Crippen LogP contribution in [0.4, 0.5) is 4.39 Å². The highest BCUT2D eigenvalue weighted by Crippen LogP contribution is 2.21. The van der Waals surface area contributed by atoms with Gasteiger partial charge in [0.15, 0.2) is 0 Å². The smallest absolute Gasteiger partial charge is 0.227 e. The van der Waals surface area contributed by atoms with Crippen LogP contribution in [-0.2, 0) is 17.9 Å². The van der Waals surface area contributed by atoms with Gasteiger partial charge in [-0.1, -0.05) is 48.5 Å². The van der Waals surface area contributed by atoms with E-state index in [2.05, 4.69) is 4.90 Å². The Bertz CT molecular complexity index is 704. The third-order valence-electron chi connectivity index (χ3n) is 4.85. The summed E-state index contributed by atoms with van der Waals surface area (Å²) in [7, 11) is 1.87. The highest BCUT2D eigenvalue weighted by molar-refractivity contribution is 5.78. The van der Waals surface area contributed by atoms with E-state index in [1.807, 2.05) is 54.4 Å². The van der Waals surface area contributed by atoms with Gasteiger partial charge in [0.05, 0.1) is 5.92 Å². The maximum atomic E-state index is 13.9. The van der Waals surface area contributed by atoms with Crippen LogP contribution in [0.25, 0.3) is 0 Å². The van der Waals surface area contributed by atoms with Crippen LogP contribution in [-0.4, -0.2) is 35.8 Å². The van der Waals surface area contributed by atoms with Gasteiger partial charge in [-0.25, -0.2) is 4.39 Å². The molecule has 3 nitrogen and oxygen atoms in total. The predicted molar refractivity (Wildman–Crippen MR) is 97.3 cm³/mol. The van der Waals surface area contributed by atoms with Crippen molar-refractivity contribution in [1.29, 1.82) is 0 Å². The number of piperidine rings is 1. The van der Waals surface area contributed by atoms with Gasteiger partial charge in [-0.2, -0.15) is 0 Å². The van der Waals surface area contributed by atoms with Crippen LogP contribution >= 0.6 is 0 Å². The minimum Gasteiger partial charge on any atom is -0.341 e. The highest BCUT2D eigenvalue weighted by atomic mass is 19.1. The number of rotatable bonds is 5. The zero-order chi connectivity index (χ0) is 17.6. The lowest BCUT2D eigenvalue weighted by Gasteiger charge is -2.34. The molecule has 0 saturated carbocycles. The molecule has 132 valence electrons. The van der Waals surface area contributed by atoms with Crippen LogP contribution in [0.5, 0.6) is 0 Å². The van der Waals surface area contributed by atoms with Crippen LogP contribution in [0.2, 0.25) is 0 Å².